The molecule has 1 aliphatic heterocycles. The molecule has 1 aliphatic rings. The third-order valence-electron chi connectivity index (χ3n) is 4.39. The summed E-state index contributed by atoms with van der Waals surface area (Å²) < 4.78 is 33.1. The first-order chi connectivity index (χ1) is 13.0. The molecule has 1 fully saturated rings. The summed E-state index contributed by atoms with van der Waals surface area (Å²) in [5.41, 5.74) is 0.645. The van der Waals surface area contributed by atoms with E-state index in [1.807, 2.05) is 0 Å². The molecule has 152 valence electrons. The highest BCUT2D eigenvalue weighted by molar-refractivity contribution is 7.92. The SMILES string of the molecule is COc1ccccc1NS(=O)(=O)c1cccc(C(=O)NC2CCCNC2)c1.Cl. The summed E-state index contributed by atoms with van der Waals surface area (Å²) in [6.45, 7) is 1.67. The molecule has 3 N–H and O–H groups in total. The van der Waals surface area contributed by atoms with Crippen molar-refractivity contribution in [1.82, 2.24) is 10.6 Å². The Morgan fingerprint density at radius 1 is 1.18 bits per heavy atom. The molecule has 9 heteroatoms. The van der Waals surface area contributed by atoms with Gasteiger partial charge in [-0.1, -0.05) is 18.2 Å². The van der Waals surface area contributed by atoms with Crippen LogP contribution >= 0.6 is 12.4 Å². The monoisotopic (exact) mass is 425 g/mol. The van der Waals surface area contributed by atoms with Gasteiger partial charge in [0.05, 0.1) is 17.7 Å². The number of sulfonamides is 1. The van der Waals surface area contributed by atoms with Crippen LogP contribution in [0.15, 0.2) is 53.4 Å². The Morgan fingerprint density at radius 3 is 2.68 bits per heavy atom. The van der Waals surface area contributed by atoms with Gasteiger partial charge in [0.1, 0.15) is 5.75 Å². The van der Waals surface area contributed by atoms with E-state index >= 15 is 0 Å². The number of ether oxygens (including phenoxy) is 1. The maximum Gasteiger partial charge on any atom is 0.262 e. The highest BCUT2D eigenvalue weighted by Gasteiger charge is 2.20. The van der Waals surface area contributed by atoms with Crippen molar-refractivity contribution in [3.8, 4) is 5.75 Å². The Kier molecular flexibility index (Phi) is 7.68. The average molecular weight is 426 g/mol. The fourth-order valence-corrected chi connectivity index (χ4v) is 4.10. The van der Waals surface area contributed by atoms with Crippen LogP contribution in [0.1, 0.15) is 23.2 Å². The second-order valence-corrected chi connectivity index (χ2v) is 8.03. The highest BCUT2D eigenvalue weighted by Crippen LogP contribution is 2.26. The van der Waals surface area contributed by atoms with Crippen LogP contribution in [0, 0.1) is 0 Å². The van der Waals surface area contributed by atoms with Crippen LogP contribution in [0.25, 0.3) is 0 Å². The number of para-hydroxylation sites is 2. The zero-order valence-electron chi connectivity index (χ0n) is 15.5. The van der Waals surface area contributed by atoms with E-state index in [2.05, 4.69) is 15.4 Å². The zero-order chi connectivity index (χ0) is 19.3. The molecule has 2 aromatic rings. The predicted molar refractivity (Wildman–Crippen MR) is 111 cm³/mol. The van der Waals surface area contributed by atoms with Gasteiger partial charge in [0.25, 0.3) is 15.9 Å². The van der Waals surface area contributed by atoms with E-state index in [0.717, 1.165) is 25.9 Å². The molecule has 1 atom stereocenters. The third-order valence-corrected chi connectivity index (χ3v) is 5.75. The summed E-state index contributed by atoms with van der Waals surface area (Å²) in [4.78, 5) is 12.5. The topological polar surface area (TPSA) is 96.5 Å². The fraction of sp³-hybridized carbons (Fsp3) is 0.316. The molecule has 0 aliphatic carbocycles. The van der Waals surface area contributed by atoms with Gasteiger partial charge >= 0.3 is 0 Å². The van der Waals surface area contributed by atoms with Crippen molar-refractivity contribution in [1.29, 1.82) is 0 Å². The minimum Gasteiger partial charge on any atom is -0.495 e. The molecule has 1 heterocycles. The molecular formula is C19H24ClN3O4S. The third kappa shape index (κ3) is 5.37. The van der Waals surface area contributed by atoms with E-state index < -0.39 is 10.0 Å². The summed E-state index contributed by atoms with van der Waals surface area (Å²) in [6, 6.07) is 12.8. The molecule has 0 aromatic heterocycles. The number of benzene rings is 2. The standard InChI is InChI=1S/C19H23N3O4S.ClH/c1-26-18-10-3-2-9-17(18)22-27(24,25)16-8-4-6-14(12-16)19(23)21-15-7-5-11-20-13-15;/h2-4,6,8-10,12,15,20,22H,5,7,11,13H2,1H3,(H,21,23);1H. The van der Waals surface area contributed by atoms with E-state index in [-0.39, 0.29) is 29.3 Å². The van der Waals surface area contributed by atoms with Crippen molar-refractivity contribution < 1.29 is 17.9 Å². The number of piperidine rings is 1. The number of anilines is 1. The Balaban J connectivity index is 0.00000280. The Hall–Kier alpha value is -2.29. The molecule has 28 heavy (non-hydrogen) atoms. The largest absolute Gasteiger partial charge is 0.495 e. The lowest BCUT2D eigenvalue weighted by molar-refractivity contribution is 0.0930. The first-order valence-electron chi connectivity index (χ1n) is 8.77. The molecular weight excluding hydrogens is 402 g/mol. The number of carbonyl (C=O) groups is 1. The molecule has 0 radical (unpaired) electrons. The van der Waals surface area contributed by atoms with Gasteiger partial charge in [0, 0.05) is 18.2 Å². The van der Waals surface area contributed by atoms with E-state index in [9.17, 15) is 13.2 Å². The molecule has 1 amide bonds. The van der Waals surface area contributed by atoms with Crippen molar-refractivity contribution in [3.05, 3.63) is 54.1 Å². The van der Waals surface area contributed by atoms with E-state index in [1.54, 1.807) is 36.4 Å². The summed E-state index contributed by atoms with van der Waals surface area (Å²) in [5.74, 6) is 0.137. The zero-order valence-corrected chi connectivity index (χ0v) is 17.1. The minimum atomic E-state index is -3.86. The van der Waals surface area contributed by atoms with Crippen molar-refractivity contribution >= 4 is 34.0 Å². The smallest absolute Gasteiger partial charge is 0.262 e. The fourth-order valence-electron chi connectivity index (χ4n) is 2.98. The van der Waals surface area contributed by atoms with Gasteiger partial charge in [-0.15, -0.1) is 12.4 Å². The van der Waals surface area contributed by atoms with Crippen LogP contribution in [0.4, 0.5) is 5.69 Å². The van der Waals surface area contributed by atoms with Crippen LogP contribution in [0.2, 0.25) is 0 Å². The first kappa shape index (κ1) is 22.0. The van der Waals surface area contributed by atoms with Crippen molar-refractivity contribution in [2.45, 2.75) is 23.8 Å². The maximum atomic E-state index is 12.7. The van der Waals surface area contributed by atoms with Gasteiger partial charge < -0.3 is 15.4 Å². The molecule has 1 saturated heterocycles. The number of nitrogens with one attached hydrogen (secondary N) is 3. The summed E-state index contributed by atoms with van der Waals surface area (Å²) in [5, 5.41) is 6.18. The van der Waals surface area contributed by atoms with Gasteiger partial charge in [-0.25, -0.2) is 8.42 Å². The number of halogens is 1. The molecule has 2 aromatic carbocycles. The molecule has 3 rings (SSSR count). The number of amides is 1. The average Bonchev–Trinajstić information content (AvgIpc) is 2.69. The summed E-state index contributed by atoms with van der Waals surface area (Å²) in [7, 11) is -2.39. The maximum absolute atomic E-state index is 12.7. The molecule has 7 nitrogen and oxygen atoms in total. The molecule has 0 spiro atoms. The lowest BCUT2D eigenvalue weighted by Crippen LogP contribution is -2.45. The number of hydrogen-bond donors (Lipinski definition) is 3. The predicted octanol–water partition coefficient (Wildman–Crippen LogP) is 2.40. The lowest BCUT2D eigenvalue weighted by Gasteiger charge is -2.23. The van der Waals surface area contributed by atoms with Crippen LogP contribution in [0.5, 0.6) is 5.75 Å². The summed E-state index contributed by atoms with van der Waals surface area (Å²) in [6.07, 6.45) is 1.91. The van der Waals surface area contributed by atoms with Crippen LogP contribution < -0.4 is 20.1 Å². The summed E-state index contributed by atoms with van der Waals surface area (Å²) >= 11 is 0. The Bertz CT molecular complexity index is 915. The quantitative estimate of drug-likeness (QED) is 0.660. The van der Waals surface area contributed by atoms with Crippen LogP contribution in [-0.2, 0) is 10.0 Å². The van der Waals surface area contributed by atoms with Gasteiger partial charge in [-0.05, 0) is 49.7 Å². The molecule has 1 unspecified atom stereocenters. The second-order valence-electron chi connectivity index (χ2n) is 6.35. The Labute approximate surface area is 171 Å². The highest BCUT2D eigenvalue weighted by atomic mass is 35.5. The van der Waals surface area contributed by atoms with Crippen molar-refractivity contribution in [3.63, 3.8) is 0 Å². The van der Waals surface area contributed by atoms with Gasteiger partial charge in [0.2, 0.25) is 0 Å². The number of hydrogen-bond acceptors (Lipinski definition) is 5. The second kappa shape index (κ2) is 9.77. The van der Waals surface area contributed by atoms with Crippen LogP contribution in [0.3, 0.4) is 0 Å². The van der Waals surface area contributed by atoms with Gasteiger partial charge in [0.15, 0.2) is 0 Å². The van der Waals surface area contributed by atoms with Crippen molar-refractivity contribution in [2.75, 3.05) is 24.9 Å². The van der Waals surface area contributed by atoms with Crippen molar-refractivity contribution in [2.24, 2.45) is 0 Å². The van der Waals surface area contributed by atoms with Gasteiger partial charge in [-0.3, -0.25) is 9.52 Å². The number of rotatable bonds is 6. The number of carbonyl (C=O) groups excluding carboxylic acids is 1. The number of methoxy groups -OCH3 is 1. The molecule has 0 saturated carbocycles. The normalized spacial score (nSPS) is 16.5. The first-order valence-corrected chi connectivity index (χ1v) is 10.3. The Morgan fingerprint density at radius 2 is 1.96 bits per heavy atom. The van der Waals surface area contributed by atoms with Crippen LogP contribution in [-0.4, -0.2) is 40.6 Å². The van der Waals surface area contributed by atoms with E-state index in [4.69, 9.17) is 4.74 Å². The lowest BCUT2D eigenvalue weighted by atomic mass is 10.1. The minimum absolute atomic E-state index is 0. The van der Waals surface area contributed by atoms with E-state index in [0.29, 0.717) is 17.0 Å². The van der Waals surface area contributed by atoms with E-state index in [1.165, 1.54) is 19.2 Å². The van der Waals surface area contributed by atoms with Gasteiger partial charge in [-0.2, -0.15) is 0 Å². The molecule has 0 bridgehead atoms.